The van der Waals surface area contributed by atoms with Crippen molar-refractivity contribution >= 4 is 0 Å². The van der Waals surface area contributed by atoms with Crippen LogP contribution < -0.4 is 5.32 Å². The van der Waals surface area contributed by atoms with Gasteiger partial charge < -0.3 is 9.84 Å². The zero-order valence-corrected chi connectivity index (χ0v) is 12.7. The van der Waals surface area contributed by atoms with E-state index in [0.717, 1.165) is 36.5 Å². The summed E-state index contributed by atoms with van der Waals surface area (Å²) >= 11 is 0. The zero-order valence-electron chi connectivity index (χ0n) is 12.7. The first-order valence-corrected chi connectivity index (χ1v) is 7.76. The highest BCUT2D eigenvalue weighted by atomic mass is 16.5. The van der Waals surface area contributed by atoms with Gasteiger partial charge in [0, 0.05) is 18.2 Å². The number of rotatable bonds is 4. The number of aromatic nitrogens is 3. The molecule has 0 radical (unpaired) electrons. The molecule has 2 heterocycles. The van der Waals surface area contributed by atoms with Gasteiger partial charge in [0.05, 0.1) is 0 Å². The van der Waals surface area contributed by atoms with Crippen LogP contribution in [-0.2, 0) is 0 Å². The lowest BCUT2D eigenvalue weighted by Gasteiger charge is -2.26. The molecule has 112 valence electrons. The molecule has 0 aromatic carbocycles. The van der Waals surface area contributed by atoms with Crippen LogP contribution in [0.3, 0.4) is 0 Å². The zero-order chi connectivity index (χ0) is 14.7. The minimum atomic E-state index is 0.394. The molecule has 1 N–H and O–H groups in total. The lowest BCUT2D eigenvalue weighted by Crippen LogP contribution is -2.32. The van der Waals surface area contributed by atoms with Crippen LogP contribution >= 0.6 is 0 Å². The summed E-state index contributed by atoms with van der Waals surface area (Å²) in [6.45, 7) is 5.23. The number of aryl methyl sites for hydroxylation is 1. The Bertz CT molecular complexity index is 587. The summed E-state index contributed by atoms with van der Waals surface area (Å²) < 4.78 is 5.47. The van der Waals surface area contributed by atoms with Gasteiger partial charge in [-0.05, 0) is 56.8 Å². The number of hydrogen-bond donors (Lipinski definition) is 1. The lowest BCUT2D eigenvalue weighted by atomic mass is 9.86. The van der Waals surface area contributed by atoms with E-state index in [1.165, 1.54) is 12.8 Å². The van der Waals surface area contributed by atoms with Crippen LogP contribution in [0.5, 0.6) is 0 Å². The van der Waals surface area contributed by atoms with Crippen LogP contribution in [0.25, 0.3) is 11.5 Å². The Hall–Kier alpha value is -1.75. The van der Waals surface area contributed by atoms with Gasteiger partial charge in [0.1, 0.15) is 5.69 Å². The number of pyridine rings is 1. The predicted molar refractivity (Wildman–Crippen MR) is 80.9 cm³/mol. The maximum absolute atomic E-state index is 5.47. The van der Waals surface area contributed by atoms with E-state index in [1.807, 2.05) is 19.1 Å². The molecule has 1 aliphatic rings. The van der Waals surface area contributed by atoms with Crippen molar-refractivity contribution in [2.24, 2.45) is 0 Å². The molecule has 0 spiro atoms. The molecule has 21 heavy (non-hydrogen) atoms. The van der Waals surface area contributed by atoms with Gasteiger partial charge in [0.25, 0.3) is 0 Å². The average molecular weight is 286 g/mol. The van der Waals surface area contributed by atoms with Crippen LogP contribution in [0, 0.1) is 6.92 Å². The largest absolute Gasteiger partial charge is 0.339 e. The number of nitrogens with one attached hydrogen (secondary N) is 1. The Kier molecular flexibility index (Phi) is 4.29. The van der Waals surface area contributed by atoms with Crippen molar-refractivity contribution < 1.29 is 4.52 Å². The Morgan fingerprint density at radius 3 is 2.81 bits per heavy atom. The average Bonchev–Trinajstić information content (AvgIpc) is 2.98. The highest BCUT2D eigenvalue weighted by molar-refractivity contribution is 5.49. The summed E-state index contributed by atoms with van der Waals surface area (Å²) in [7, 11) is 0. The van der Waals surface area contributed by atoms with E-state index in [4.69, 9.17) is 4.52 Å². The molecule has 1 aliphatic carbocycles. The van der Waals surface area contributed by atoms with Gasteiger partial charge in [0.2, 0.25) is 11.7 Å². The van der Waals surface area contributed by atoms with Gasteiger partial charge in [-0.15, -0.1) is 0 Å². The molecule has 2 aromatic heterocycles. The van der Waals surface area contributed by atoms with E-state index >= 15 is 0 Å². The molecule has 0 amide bonds. The van der Waals surface area contributed by atoms with Crippen LogP contribution in [0.4, 0.5) is 0 Å². The smallest absolute Gasteiger partial charge is 0.230 e. The van der Waals surface area contributed by atoms with Crippen LogP contribution in [-0.4, -0.2) is 27.7 Å². The first-order valence-electron chi connectivity index (χ1n) is 7.76. The second-order valence-electron chi connectivity index (χ2n) is 5.78. The van der Waals surface area contributed by atoms with Gasteiger partial charge in [-0.1, -0.05) is 12.1 Å². The summed E-state index contributed by atoms with van der Waals surface area (Å²) in [6, 6.07) is 4.59. The SMILES string of the molecule is CCNC1CCC(c2nc(-c3cc(C)ccn3)no2)CC1. The minimum absolute atomic E-state index is 0.394. The third-order valence-corrected chi connectivity index (χ3v) is 4.16. The molecule has 0 atom stereocenters. The number of nitrogens with zero attached hydrogens (tertiary/aromatic N) is 3. The van der Waals surface area contributed by atoms with E-state index in [0.29, 0.717) is 17.8 Å². The molecular weight excluding hydrogens is 264 g/mol. The quantitative estimate of drug-likeness (QED) is 0.935. The fraction of sp³-hybridized carbons (Fsp3) is 0.562. The third-order valence-electron chi connectivity index (χ3n) is 4.16. The van der Waals surface area contributed by atoms with Crippen LogP contribution in [0.1, 0.15) is 50.0 Å². The van der Waals surface area contributed by atoms with E-state index < -0.39 is 0 Å². The monoisotopic (exact) mass is 286 g/mol. The summed E-state index contributed by atoms with van der Waals surface area (Å²) in [4.78, 5) is 8.87. The first kappa shape index (κ1) is 14.2. The molecule has 1 fully saturated rings. The molecule has 5 nitrogen and oxygen atoms in total. The van der Waals surface area contributed by atoms with E-state index in [2.05, 4.69) is 27.4 Å². The highest BCUT2D eigenvalue weighted by Crippen LogP contribution is 2.32. The fourth-order valence-electron chi connectivity index (χ4n) is 3.00. The second-order valence-corrected chi connectivity index (χ2v) is 5.78. The van der Waals surface area contributed by atoms with Gasteiger partial charge >= 0.3 is 0 Å². The van der Waals surface area contributed by atoms with E-state index in [-0.39, 0.29) is 0 Å². The van der Waals surface area contributed by atoms with Crippen molar-refractivity contribution in [3.8, 4) is 11.5 Å². The predicted octanol–water partition coefficient (Wildman–Crippen LogP) is 3.08. The van der Waals surface area contributed by atoms with E-state index in [9.17, 15) is 0 Å². The summed E-state index contributed by atoms with van der Waals surface area (Å²) in [5.41, 5.74) is 1.93. The molecule has 5 heteroatoms. The third kappa shape index (κ3) is 3.29. The van der Waals surface area contributed by atoms with Crippen molar-refractivity contribution in [2.75, 3.05) is 6.54 Å². The maximum atomic E-state index is 5.47. The molecule has 0 bridgehead atoms. The molecule has 1 saturated carbocycles. The first-order chi connectivity index (χ1) is 10.3. The Morgan fingerprint density at radius 1 is 1.29 bits per heavy atom. The molecule has 2 aromatic rings. The van der Waals surface area contributed by atoms with Crippen molar-refractivity contribution in [1.82, 2.24) is 20.4 Å². The Labute approximate surface area is 125 Å². The normalized spacial score (nSPS) is 22.4. The summed E-state index contributed by atoms with van der Waals surface area (Å²) in [5.74, 6) is 1.76. The van der Waals surface area contributed by atoms with Gasteiger partial charge in [0.15, 0.2) is 0 Å². The maximum Gasteiger partial charge on any atom is 0.230 e. The second kappa shape index (κ2) is 6.35. The fourth-order valence-corrected chi connectivity index (χ4v) is 3.00. The Balaban J connectivity index is 1.68. The number of hydrogen-bond acceptors (Lipinski definition) is 5. The van der Waals surface area contributed by atoms with Crippen LogP contribution in [0.2, 0.25) is 0 Å². The summed E-state index contributed by atoms with van der Waals surface area (Å²) in [6.07, 6.45) is 6.36. The van der Waals surface area contributed by atoms with Gasteiger partial charge in [-0.2, -0.15) is 4.98 Å². The van der Waals surface area contributed by atoms with Crippen molar-refractivity contribution in [3.63, 3.8) is 0 Å². The topological polar surface area (TPSA) is 63.8 Å². The highest BCUT2D eigenvalue weighted by Gasteiger charge is 2.26. The molecule has 0 unspecified atom stereocenters. The summed E-state index contributed by atoms with van der Waals surface area (Å²) in [5, 5.41) is 7.61. The standard InChI is InChI=1S/C16H22N4O/c1-3-17-13-6-4-12(5-7-13)16-19-15(20-21-16)14-10-11(2)8-9-18-14/h8-10,12-13,17H,3-7H2,1-2H3. The van der Waals surface area contributed by atoms with Crippen molar-refractivity contribution in [2.45, 2.75) is 51.5 Å². The van der Waals surface area contributed by atoms with Crippen molar-refractivity contribution in [1.29, 1.82) is 0 Å². The molecule has 0 saturated heterocycles. The molecule has 0 aliphatic heterocycles. The van der Waals surface area contributed by atoms with Crippen molar-refractivity contribution in [3.05, 3.63) is 29.8 Å². The van der Waals surface area contributed by atoms with Gasteiger partial charge in [-0.3, -0.25) is 4.98 Å². The molecular formula is C16H22N4O. The van der Waals surface area contributed by atoms with E-state index in [1.54, 1.807) is 6.20 Å². The minimum Gasteiger partial charge on any atom is -0.339 e. The lowest BCUT2D eigenvalue weighted by molar-refractivity contribution is 0.284. The van der Waals surface area contributed by atoms with Gasteiger partial charge in [-0.25, -0.2) is 0 Å². The Morgan fingerprint density at radius 2 is 2.10 bits per heavy atom. The van der Waals surface area contributed by atoms with Crippen LogP contribution in [0.15, 0.2) is 22.9 Å². The molecule has 3 rings (SSSR count).